The van der Waals surface area contributed by atoms with E-state index in [0.717, 1.165) is 11.3 Å². The van der Waals surface area contributed by atoms with Crippen molar-refractivity contribution in [2.45, 2.75) is 13.8 Å². The third-order valence-corrected chi connectivity index (χ3v) is 4.12. The van der Waals surface area contributed by atoms with E-state index in [0.29, 0.717) is 27.7 Å². The molecule has 1 N–H and O–H groups in total. The number of fused-ring (bicyclic) bond motifs is 1. The van der Waals surface area contributed by atoms with Crippen LogP contribution in [0.5, 0.6) is 0 Å². The molecule has 0 aliphatic rings. The number of hydrogen-bond acceptors (Lipinski definition) is 6. The van der Waals surface area contributed by atoms with Gasteiger partial charge in [-0.1, -0.05) is 29.8 Å². The zero-order chi connectivity index (χ0) is 19.4. The highest BCUT2D eigenvalue weighted by Crippen LogP contribution is 2.31. The zero-order valence-corrected chi connectivity index (χ0v) is 15.4. The van der Waals surface area contributed by atoms with Crippen LogP contribution < -0.4 is 5.32 Å². The molecule has 6 nitrogen and oxygen atoms in total. The quantitative estimate of drug-likeness (QED) is 0.682. The molecule has 6 heteroatoms. The van der Waals surface area contributed by atoms with E-state index in [4.69, 9.17) is 9.47 Å². The minimum Gasteiger partial charge on any atom is -0.465 e. The van der Waals surface area contributed by atoms with E-state index in [-0.39, 0.29) is 6.61 Å². The first-order valence-corrected chi connectivity index (χ1v) is 8.56. The van der Waals surface area contributed by atoms with E-state index in [1.165, 1.54) is 13.3 Å². The average Bonchev–Trinajstić information content (AvgIpc) is 2.69. The lowest BCUT2D eigenvalue weighted by Gasteiger charge is -2.15. The van der Waals surface area contributed by atoms with Gasteiger partial charge in [0, 0.05) is 17.3 Å². The summed E-state index contributed by atoms with van der Waals surface area (Å²) in [5, 5.41) is 3.90. The molecule has 27 heavy (non-hydrogen) atoms. The molecule has 0 unspecified atom stereocenters. The first-order valence-electron chi connectivity index (χ1n) is 8.56. The van der Waals surface area contributed by atoms with Crippen molar-refractivity contribution >= 4 is 34.2 Å². The smallest absolute Gasteiger partial charge is 0.341 e. The Morgan fingerprint density at radius 3 is 2.44 bits per heavy atom. The van der Waals surface area contributed by atoms with Crippen LogP contribution in [0.4, 0.5) is 11.4 Å². The van der Waals surface area contributed by atoms with Gasteiger partial charge < -0.3 is 14.8 Å². The normalized spacial score (nSPS) is 10.5. The second-order valence-corrected chi connectivity index (χ2v) is 5.95. The second-order valence-electron chi connectivity index (χ2n) is 5.95. The Kier molecular flexibility index (Phi) is 5.35. The number of para-hydroxylation sites is 1. The van der Waals surface area contributed by atoms with Gasteiger partial charge in [-0.15, -0.1) is 0 Å². The van der Waals surface area contributed by atoms with Crippen molar-refractivity contribution < 1.29 is 19.1 Å². The number of esters is 2. The molecule has 0 aliphatic carbocycles. The van der Waals surface area contributed by atoms with Crippen LogP contribution in [0.3, 0.4) is 0 Å². The van der Waals surface area contributed by atoms with Crippen LogP contribution in [0.15, 0.2) is 48.7 Å². The molecule has 138 valence electrons. The van der Waals surface area contributed by atoms with E-state index < -0.39 is 11.9 Å². The summed E-state index contributed by atoms with van der Waals surface area (Å²) < 4.78 is 10.0. The fourth-order valence-corrected chi connectivity index (χ4v) is 2.78. The Balaban J connectivity index is 2.21. The Morgan fingerprint density at radius 2 is 1.78 bits per heavy atom. The molecule has 3 aromatic rings. The predicted molar refractivity (Wildman–Crippen MR) is 104 cm³/mol. The molecule has 0 bridgehead atoms. The standard InChI is InChI=1S/C21H20N2O4/c1-4-27-21(25)17-12-22-18-15(6-5-7-16(18)20(24)26-3)19(17)23-14-10-8-13(2)9-11-14/h5-12H,4H2,1-3H3,(H,22,23). The summed E-state index contributed by atoms with van der Waals surface area (Å²) in [4.78, 5) is 28.8. The van der Waals surface area contributed by atoms with Gasteiger partial charge in [-0.3, -0.25) is 4.98 Å². The Morgan fingerprint density at radius 1 is 1.04 bits per heavy atom. The summed E-state index contributed by atoms with van der Waals surface area (Å²) in [5.41, 5.74) is 3.55. The van der Waals surface area contributed by atoms with E-state index in [2.05, 4.69) is 10.3 Å². The first kappa shape index (κ1) is 18.4. The number of nitrogens with one attached hydrogen (secondary N) is 1. The van der Waals surface area contributed by atoms with Gasteiger partial charge in [-0.05, 0) is 32.0 Å². The van der Waals surface area contributed by atoms with Gasteiger partial charge in [0.1, 0.15) is 5.56 Å². The molecule has 0 saturated carbocycles. The lowest BCUT2D eigenvalue weighted by Crippen LogP contribution is -2.10. The summed E-state index contributed by atoms with van der Waals surface area (Å²) in [6, 6.07) is 12.9. The number of nitrogens with zero attached hydrogens (tertiary/aromatic N) is 1. The van der Waals surface area contributed by atoms with Gasteiger partial charge in [-0.2, -0.15) is 0 Å². The van der Waals surface area contributed by atoms with Gasteiger partial charge in [-0.25, -0.2) is 9.59 Å². The largest absolute Gasteiger partial charge is 0.465 e. The third-order valence-electron chi connectivity index (χ3n) is 4.12. The maximum absolute atomic E-state index is 12.4. The first-order chi connectivity index (χ1) is 13.0. The summed E-state index contributed by atoms with van der Waals surface area (Å²) in [5.74, 6) is -0.969. The number of carbonyl (C=O) groups excluding carboxylic acids is 2. The lowest BCUT2D eigenvalue weighted by atomic mass is 10.0. The molecule has 0 spiro atoms. The fourth-order valence-electron chi connectivity index (χ4n) is 2.78. The highest BCUT2D eigenvalue weighted by Gasteiger charge is 2.20. The third kappa shape index (κ3) is 3.74. The summed E-state index contributed by atoms with van der Waals surface area (Å²) in [6.45, 7) is 4.00. The van der Waals surface area contributed by atoms with E-state index >= 15 is 0 Å². The van der Waals surface area contributed by atoms with E-state index in [9.17, 15) is 9.59 Å². The second kappa shape index (κ2) is 7.86. The lowest BCUT2D eigenvalue weighted by molar-refractivity contribution is 0.0526. The van der Waals surface area contributed by atoms with Gasteiger partial charge in [0.15, 0.2) is 0 Å². The molecule has 3 rings (SSSR count). The topological polar surface area (TPSA) is 77.5 Å². The molecule has 0 saturated heterocycles. The molecule has 0 atom stereocenters. The van der Waals surface area contributed by atoms with Crippen LogP contribution in [0.25, 0.3) is 10.9 Å². The highest BCUT2D eigenvalue weighted by molar-refractivity contribution is 6.11. The van der Waals surface area contributed by atoms with Crippen LogP contribution in [-0.4, -0.2) is 30.6 Å². The Bertz CT molecular complexity index is 997. The maximum atomic E-state index is 12.4. The van der Waals surface area contributed by atoms with Crippen molar-refractivity contribution in [2.24, 2.45) is 0 Å². The van der Waals surface area contributed by atoms with Crippen LogP contribution in [0.2, 0.25) is 0 Å². The molecule has 2 aromatic carbocycles. The van der Waals surface area contributed by atoms with Crippen molar-refractivity contribution in [3.8, 4) is 0 Å². The van der Waals surface area contributed by atoms with Gasteiger partial charge in [0.25, 0.3) is 0 Å². The number of benzene rings is 2. The van der Waals surface area contributed by atoms with Crippen LogP contribution in [0, 0.1) is 6.92 Å². The number of aromatic nitrogens is 1. The monoisotopic (exact) mass is 364 g/mol. The fraction of sp³-hybridized carbons (Fsp3) is 0.190. The summed E-state index contributed by atoms with van der Waals surface area (Å²) in [7, 11) is 1.32. The highest BCUT2D eigenvalue weighted by atomic mass is 16.5. The van der Waals surface area contributed by atoms with Crippen molar-refractivity contribution in [1.29, 1.82) is 0 Å². The number of pyridine rings is 1. The van der Waals surface area contributed by atoms with Gasteiger partial charge in [0.05, 0.1) is 30.5 Å². The van der Waals surface area contributed by atoms with Crippen molar-refractivity contribution in [3.63, 3.8) is 0 Å². The zero-order valence-electron chi connectivity index (χ0n) is 15.4. The Hall–Kier alpha value is -3.41. The number of aryl methyl sites for hydroxylation is 1. The van der Waals surface area contributed by atoms with Crippen LogP contribution >= 0.6 is 0 Å². The molecule has 1 aromatic heterocycles. The number of rotatable bonds is 5. The number of ether oxygens (including phenoxy) is 2. The minimum atomic E-state index is -0.488. The van der Waals surface area contributed by atoms with E-state index in [1.54, 1.807) is 25.1 Å². The molecule has 0 amide bonds. The van der Waals surface area contributed by atoms with Crippen molar-refractivity contribution in [1.82, 2.24) is 4.98 Å². The number of anilines is 2. The molecule has 0 fully saturated rings. The van der Waals surface area contributed by atoms with Crippen molar-refractivity contribution in [3.05, 3.63) is 65.4 Å². The molecule has 0 aliphatic heterocycles. The van der Waals surface area contributed by atoms with Gasteiger partial charge >= 0.3 is 11.9 Å². The van der Waals surface area contributed by atoms with Gasteiger partial charge in [0.2, 0.25) is 0 Å². The molecular weight excluding hydrogens is 344 g/mol. The molecule has 0 radical (unpaired) electrons. The number of methoxy groups -OCH3 is 1. The number of carbonyl (C=O) groups is 2. The van der Waals surface area contributed by atoms with E-state index in [1.807, 2.05) is 31.2 Å². The average molecular weight is 364 g/mol. The number of hydrogen-bond donors (Lipinski definition) is 1. The minimum absolute atomic E-state index is 0.253. The predicted octanol–water partition coefficient (Wildman–Crippen LogP) is 4.25. The summed E-state index contributed by atoms with van der Waals surface area (Å²) in [6.07, 6.45) is 1.42. The van der Waals surface area contributed by atoms with Crippen LogP contribution in [-0.2, 0) is 9.47 Å². The van der Waals surface area contributed by atoms with Crippen LogP contribution in [0.1, 0.15) is 33.2 Å². The summed E-state index contributed by atoms with van der Waals surface area (Å²) >= 11 is 0. The Labute approximate surface area is 157 Å². The SMILES string of the molecule is CCOC(=O)c1cnc2c(C(=O)OC)cccc2c1Nc1ccc(C)cc1. The van der Waals surface area contributed by atoms with Crippen molar-refractivity contribution in [2.75, 3.05) is 19.0 Å². The molecular formula is C21H20N2O4. The maximum Gasteiger partial charge on any atom is 0.341 e. The molecule has 1 heterocycles.